The van der Waals surface area contributed by atoms with Crippen molar-refractivity contribution in [1.29, 1.82) is 0 Å². The zero-order chi connectivity index (χ0) is 30.6. The third-order valence-electron chi connectivity index (χ3n) is 9.08. The first kappa shape index (κ1) is 26.8. The molecule has 2 atom stereocenters. The highest BCUT2D eigenvalue weighted by Gasteiger charge is 2.24. The first-order valence-corrected chi connectivity index (χ1v) is 16.4. The van der Waals surface area contributed by atoms with Crippen LogP contribution in [0.3, 0.4) is 0 Å². The van der Waals surface area contributed by atoms with Gasteiger partial charge in [-0.15, -0.1) is 11.3 Å². The molecule has 46 heavy (non-hydrogen) atoms. The molecule has 4 nitrogen and oxygen atoms in total. The highest BCUT2D eigenvalue weighted by molar-refractivity contribution is 7.25. The van der Waals surface area contributed by atoms with Crippen LogP contribution in [0.2, 0.25) is 0 Å². The molecule has 0 bridgehead atoms. The van der Waals surface area contributed by atoms with E-state index >= 15 is 0 Å². The maximum atomic E-state index is 5.22. The molecule has 0 saturated carbocycles. The van der Waals surface area contributed by atoms with E-state index in [4.69, 9.17) is 9.97 Å². The van der Waals surface area contributed by atoms with Crippen molar-refractivity contribution in [3.05, 3.63) is 151 Å². The third-order valence-corrected chi connectivity index (χ3v) is 10.2. The Bertz CT molecular complexity index is 2500. The van der Waals surface area contributed by atoms with Crippen molar-refractivity contribution in [3.8, 4) is 22.8 Å². The van der Waals surface area contributed by atoms with E-state index in [1.807, 2.05) is 53.9 Å². The van der Waals surface area contributed by atoms with E-state index in [1.165, 1.54) is 36.9 Å². The molecular weight excluding hydrogens is 581 g/mol. The fraction of sp³-hybridized carbons (Fsp3) is 0.0732. The molecule has 8 aromatic rings. The second-order valence-corrected chi connectivity index (χ2v) is 13.0. The Morgan fingerprint density at radius 2 is 1.30 bits per heavy atom. The molecule has 5 aromatic heterocycles. The topological polar surface area (TPSA) is 51.6 Å². The van der Waals surface area contributed by atoms with E-state index < -0.39 is 0 Å². The molecule has 218 valence electrons. The Labute approximate surface area is 270 Å². The van der Waals surface area contributed by atoms with Gasteiger partial charge in [0.1, 0.15) is 0 Å². The molecule has 3 aromatic carbocycles. The van der Waals surface area contributed by atoms with Gasteiger partial charge in [-0.3, -0.25) is 9.97 Å². The number of benzene rings is 3. The minimum atomic E-state index is 0.194. The zero-order valence-corrected chi connectivity index (χ0v) is 25.9. The van der Waals surface area contributed by atoms with Gasteiger partial charge < -0.3 is 0 Å². The molecule has 0 aliphatic heterocycles. The van der Waals surface area contributed by atoms with Gasteiger partial charge in [0.25, 0.3) is 0 Å². The van der Waals surface area contributed by atoms with Gasteiger partial charge in [-0.05, 0) is 83.3 Å². The number of pyridine rings is 4. The summed E-state index contributed by atoms with van der Waals surface area (Å²) in [6.07, 6.45) is 10.7. The predicted octanol–water partition coefficient (Wildman–Crippen LogP) is 10.6. The van der Waals surface area contributed by atoms with Gasteiger partial charge in [0.2, 0.25) is 0 Å². The van der Waals surface area contributed by atoms with Crippen molar-refractivity contribution in [3.63, 3.8) is 0 Å². The normalized spacial score (nSPS) is 16.4. The maximum absolute atomic E-state index is 5.22. The lowest BCUT2D eigenvalue weighted by Gasteiger charge is -2.25. The van der Waals surface area contributed by atoms with Crippen LogP contribution in [-0.4, -0.2) is 19.9 Å². The fourth-order valence-electron chi connectivity index (χ4n) is 6.79. The summed E-state index contributed by atoms with van der Waals surface area (Å²) in [4.78, 5) is 19.5. The number of nitrogens with zero attached hydrogens (tertiary/aromatic N) is 4. The van der Waals surface area contributed by atoms with Crippen molar-refractivity contribution in [1.82, 2.24) is 19.9 Å². The smallest absolute Gasteiger partial charge is 0.0976 e. The van der Waals surface area contributed by atoms with Crippen LogP contribution in [0, 0.1) is 5.92 Å². The van der Waals surface area contributed by atoms with Gasteiger partial charge in [0, 0.05) is 49.3 Å². The van der Waals surface area contributed by atoms with Crippen LogP contribution in [0.25, 0.3) is 70.3 Å². The fourth-order valence-corrected chi connectivity index (χ4v) is 7.88. The average Bonchev–Trinajstić information content (AvgIpc) is 3.50. The van der Waals surface area contributed by atoms with Gasteiger partial charge in [-0.1, -0.05) is 73.7 Å². The SMILES string of the molecule is CC1C=C(c2ccc3sc4ccccc4c3c2)C=CC1c1cc2ccc(-c3ccccn3)nc2c2nc(-c3ccccn3)ccc12. The van der Waals surface area contributed by atoms with Crippen LogP contribution in [0.1, 0.15) is 24.0 Å². The highest BCUT2D eigenvalue weighted by Crippen LogP contribution is 2.42. The molecule has 9 rings (SSSR count). The second kappa shape index (κ2) is 10.8. The zero-order valence-electron chi connectivity index (χ0n) is 25.1. The largest absolute Gasteiger partial charge is 0.255 e. The Balaban J connectivity index is 1.16. The van der Waals surface area contributed by atoms with Crippen LogP contribution in [0.4, 0.5) is 0 Å². The summed E-state index contributed by atoms with van der Waals surface area (Å²) in [6.45, 7) is 2.32. The Kier molecular flexibility index (Phi) is 6.32. The van der Waals surface area contributed by atoms with Gasteiger partial charge in [0.15, 0.2) is 0 Å². The molecule has 1 aliphatic carbocycles. The third kappa shape index (κ3) is 4.51. The standard InChI is InChI=1S/C41H28N4S/c1-25-22-26(27-14-19-39-33(23-27)30-8-2-3-11-38(30)46-39)12-15-29(25)32-24-28-13-17-36(34-9-4-6-20-42-34)44-40(28)41-31(32)16-18-37(45-41)35-10-5-7-21-43-35/h2-25,29H,1H3. The quantitative estimate of drug-likeness (QED) is 0.187. The molecule has 0 saturated heterocycles. The van der Waals surface area contributed by atoms with E-state index in [0.717, 1.165) is 44.6 Å². The first-order chi connectivity index (χ1) is 22.7. The molecular formula is C41H28N4S. The lowest BCUT2D eigenvalue weighted by molar-refractivity contribution is 0.642. The van der Waals surface area contributed by atoms with E-state index in [-0.39, 0.29) is 11.8 Å². The molecule has 0 amide bonds. The lowest BCUT2D eigenvalue weighted by Crippen LogP contribution is -2.10. The number of allylic oxidation sites excluding steroid dienone is 4. The van der Waals surface area contributed by atoms with Crippen LogP contribution in [0.5, 0.6) is 0 Å². The Morgan fingerprint density at radius 1 is 0.587 bits per heavy atom. The number of hydrogen-bond acceptors (Lipinski definition) is 5. The second-order valence-electron chi connectivity index (χ2n) is 11.9. The van der Waals surface area contributed by atoms with Gasteiger partial charge >= 0.3 is 0 Å². The summed E-state index contributed by atoms with van der Waals surface area (Å²) < 4.78 is 2.66. The summed E-state index contributed by atoms with van der Waals surface area (Å²) in [5.74, 6) is 0.478. The van der Waals surface area contributed by atoms with Crippen LogP contribution in [0.15, 0.2) is 140 Å². The van der Waals surface area contributed by atoms with E-state index in [1.54, 1.807) is 6.20 Å². The summed E-state index contributed by atoms with van der Waals surface area (Å²) in [5, 5.41) is 4.84. The number of thiophene rings is 1. The maximum Gasteiger partial charge on any atom is 0.0976 e. The average molecular weight is 609 g/mol. The monoisotopic (exact) mass is 608 g/mol. The van der Waals surface area contributed by atoms with Crippen molar-refractivity contribution in [2.24, 2.45) is 5.92 Å². The van der Waals surface area contributed by atoms with E-state index in [0.29, 0.717) is 0 Å². The van der Waals surface area contributed by atoms with Crippen molar-refractivity contribution >= 4 is 58.9 Å². The van der Waals surface area contributed by atoms with E-state index in [2.05, 4.69) is 108 Å². The van der Waals surface area contributed by atoms with E-state index in [9.17, 15) is 0 Å². The molecule has 1 aliphatic rings. The molecule has 2 unspecified atom stereocenters. The highest BCUT2D eigenvalue weighted by atomic mass is 32.1. The molecule has 5 heteroatoms. The summed E-state index contributed by atoms with van der Waals surface area (Å²) in [7, 11) is 0. The molecule has 0 fully saturated rings. The number of hydrogen-bond donors (Lipinski definition) is 0. The first-order valence-electron chi connectivity index (χ1n) is 15.6. The van der Waals surface area contributed by atoms with Crippen molar-refractivity contribution in [2.75, 3.05) is 0 Å². The Morgan fingerprint density at radius 3 is 2.07 bits per heavy atom. The summed E-state index contributed by atoms with van der Waals surface area (Å²) in [6, 6.07) is 38.2. The van der Waals surface area contributed by atoms with Gasteiger partial charge in [0.05, 0.1) is 33.8 Å². The Hall–Kier alpha value is -5.52. The van der Waals surface area contributed by atoms with Crippen LogP contribution < -0.4 is 0 Å². The summed E-state index contributed by atoms with van der Waals surface area (Å²) >= 11 is 1.86. The lowest BCUT2D eigenvalue weighted by atomic mass is 9.79. The molecule has 0 N–H and O–H groups in total. The van der Waals surface area contributed by atoms with Crippen molar-refractivity contribution in [2.45, 2.75) is 12.8 Å². The van der Waals surface area contributed by atoms with Gasteiger partial charge in [-0.2, -0.15) is 0 Å². The van der Waals surface area contributed by atoms with Gasteiger partial charge in [-0.25, -0.2) is 9.97 Å². The van der Waals surface area contributed by atoms with Crippen LogP contribution >= 0.6 is 11.3 Å². The number of fused-ring (bicyclic) bond motifs is 6. The molecule has 5 heterocycles. The predicted molar refractivity (Wildman–Crippen MR) is 192 cm³/mol. The van der Waals surface area contributed by atoms with Crippen molar-refractivity contribution < 1.29 is 0 Å². The number of aromatic nitrogens is 4. The minimum Gasteiger partial charge on any atom is -0.255 e. The number of rotatable bonds is 4. The van der Waals surface area contributed by atoms with Crippen LogP contribution in [-0.2, 0) is 0 Å². The molecule has 0 spiro atoms. The summed E-state index contributed by atoms with van der Waals surface area (Å²) in [5.41, 5.74) is 8.91. The molecule has 0 radical (unpaired) electrons. The minimum absolute atomic E-state index is 0.194.